The van der Waals surface area contributed by atoms with Crippen molar-refractivity contribution in [3.63, 3.8) is 0 Å². The standard InChI is InChI=1S/C14H18Cl2N2O3/c1-7(2)12(14(20)21)18-13(19)8(3)17-9-4-5-10(15)11(16)6-9/h4-8,12,17H,1-3H3,(H,18,19)(H,20,21). The molecule has 1 amide bonds. The maximum atomic E-state index is 12.0. The monoisotopic (exact) mass is 332 g/mol. The molecule has 0 aliphatic heterocycles. The Bertz CT molecular complexity index is 535. The van der Waals surface area contributed by atoms with Crippen molar-refractivity contribution < 1.29 is 14.7 Å². The summed E-state index contributed by atoms with van der Waals surface area (Å²) in [7, 11) is 0. The lowest BCUT2D eigenvalue weighted by atomic mass is 10.0. The van der Waals surface area contributed by atoms with Crippen LogP contribution in [0.2, 0.25) is 10.0 Å². The van der Waals surface area contributed by atoms with Crippen LogP contribution in [-0.4, -0.2) is 29.1 Å². The second kappa shape index (κ2) is 7.52. The SMILES string of the molecule is CC(Nc1ccc(Cl)c(Cl)c1)C(=O)NC(C(=O)O)C(C)C. The fraction of sp³-hybridized carbons (Fsp3) is 0.429. The van der Waals surface area contributed by atoms with Crippen molar-refractivity contribution in [2.24, 2.45) is 5.92 Å². The van der Waals surface area contributed by atoms with Gasteiger partial charge in [0.25, 0.3) is 0 Å². The van der Waals surface area contributed by atoms with Crippen LogP contribution in [0.15, 0.2) is 18.2 Å². The minimum Gasteiger partial charge on any atom is -0.480 e. The Hall–Kier alpha value is -1.46. The zero-order valence-electron chi connectivity index (χ0n) is 12.0. The maximum absolute atomic E-state index is 12.0. The Morgan fingerprint density at radius 1 is 1.14 bits per heavy atom. The Balaban J connectivity index is 2.69. The number of carboxylic acid groups (broad SMARTS) is 1. The molecule has 1 aromatic carbocycles. The van der Waals surface area contributed by atoms with Crippen molar-refractivity contribution in [1.29, 1.82) is 0 Å². The second-order valence-corrected chi connectivity index (χ2v) is 5.88. The number of hydrogen-bond acceptors (Lipinski definition) is 3. The van der Waals surface area contributed by atoms with Gasteiger partial charge in [0.1, 0.15) is 12.1 Å². The first-order chi connectivity index (χ1) is 9.72. The maximum Gasteiger partial charge on any atom is 0.326 e. The predicted octanol–water partition coefficient (Wildman–Crippen LogP) is 3.02. The molecule has 0 radical (unpaired) electrons. The third kappa shape index (κ3) is 5.10. The molecule has 0 fully saturated rings. The number of rotatable bonds is 6. The summed E-state index contributed by atoms with van der Waals surface area (Å²) in [6.07, 6.45) is 0. The first-order valence-corrected chi connectivity index (χ1v) is 7.22. The highest BCUT2D eigenvalue weighted by molar-refractivity contribution is 6.42. The van der Waals surface area contributed by atoms with Gasteiger partial charge in [0.15, 0.2) is 0 Å². The van der Waals surface area contributed by atoms with Gasteiger partial charge >= 0.3 is 5.97 Å². The summed E-state index contributed by atoms with van der Waals surface area (Å²) in [4.78, 5) is 23.1. The summed E-state index contributed by atoms with van der Waals surface area (Å²) >= 11 is 11.7. The van der Waals surface area contributed by atoms with E-state index in [2.05, 4.69) is 10.6 Å². The Morgan fingerprint density at radius 2 is 1.76 bits per heavy atom. The van der Waals surface area contributed by atoms with Crippen LogP contribution in [0.25, 0.3) is 0 Å². The lowest BCUT2D eigenvalue weighted by Crippen LogP contribution is -2.49. The normalized spacial score (nSPS) is 13.6. The van der Waals surface area contributed by atoms with Gasteiger partial charge < -0.3 is 15.7 Å². The molecule has 2 unspecified atom stereocenters. The second-order valence-electron chi connectivity index (χ2n) is 5.06. The van der Waals surface area contributed by atoms with Crippen LogP contribution in [0.5, 0.6) is 0 Å². The Morgan fingerprint density at radius 3 is 2.24 bits per heavy atom. The smallest absolute Gasteiger partial charge is 0.326 e. The van der Waals surface area contributed by atoms with Gasteiger partial charge in [-0.2, -0.15) is 0 Å². The van der Waals surface area contributed by atoms with Crippen LogP contribution in [0.4, 0.5) is 5.69 Å². The number of carbonyl (C=O) groups excluding carboxylic acids is 1. The van der Waals surface area contributed by atoms with E-state index in [-0.39, 0.29) is 5.92 Å². The molecule has 0 saturated heterocycles. The summed E-state index contributed by atoms with van der Waals surface area (Å²) in [5.74, 6) is -1.66. The molecule has 5 nitrogen and oxygen atoms in total. The van der Waals surface area contributed by atoms with Crippen LogP contribution in [0, 0.1) is 5.92 Å². The molecule has 0 aromatic heterocycles. The van der Waals surface area contributed by atoms with E-state index in [1.807, 2.05) is 0 Å². The molecule has 1 rings (SSSR count). The first-order valence-electron chi connectivity index (χ1n) is 6.47. The van der Waals surface area contributed by atoms with Gasteiger partial charge in [-0.3, -0.25) is 4.79 Å². The zero-order valence-corrected chi connectivity index (χ0v) is 13.5. The molecule has 3 N–H and O–H groups in total. The number of nitrogens with one attached hydrogen (secondary N) is 2. The van der Waals surface area contributed by atoms with E-state index in [0.29, 0.717) is 15.7 Å². The molecule has 0 aliphatic rings. The molecule has 116 valence electrons. The first kappa shape index (κ1) is 17.6. The number of aliphatic carboxylic acids is 1. The highest BCUT2D eigenvalue weighted by Crippen LogP contribution is 2.25. The van der Waals surface area contributed by atoms with Gasteiger partial charge in [0.2, 0.25) is 5.91 Å². The Labute approximate surface area is 133 Å². The van der Waals surface area contributed by atoms with Gasteiger partial charge in [-0.15, -0.1) is 0 Å². The number of benzene rings is 1. The van der Waals surface area contributed by atoms with Crippen LogP contribution >= 0.6 is 23.2 Å². The topological polar surface area (TPSA) is 78.4 Å². The number of anilines is 1. The lowest BCUT2D eigenvalue weighted by Gasteiger charge is -2.21. The van der Waals surface area contributed by atoms with Crippen LogP contribution in [0.3, 0.4) is 0 Å². The minimum absolute atomic E-state index is 0.205. The number of halogens is 2. The van der Waals surface area contributed by atoms with E-state index in [1.54, 1.807) is 39.0 Å². The van der Waals surface area contributed by atoms with Gasteiger partial charge in [-0.25, -0.2) is 4.79 Å². The molecule has 2 atom stereocenters. The molecule has 1 aromatic rings. The van der Waals surface area contributed by atoms with Crippen molar-refractivity contribution >= 4 is 40.8 Å². The van der Waals surface area contributed by atoms with E-state index in [1.165, 1.54) is 0 Å². The van der Waals surface area contributed by atoms with Crippen LogP contribution in [0.1, 0.15) is 20.8 Å². The van der Waals surface area contributed by atoms with Gasteiger partial charge in [0.05, 0.1) is 10.0 Å². The summed E-state index contributed by atoms with van der Waals surface area (Å²) in [5.41, 5.74) is 0.628. The minimum atomic E-state index is -1.06. The van der Waals surface area contributed by atoms with Gasteiger partial charge in [-0.1, -0.05) is 37.0 Å². The third-order valence-electron chi connectivity index (χ3n) is 2.93. The molecule has 21 heavy (non-hydrogen) atoms. The van der Waals surface area contributed by atoms with E-state index < -0.39 is 24.0 Å². The molecule has 7 heteroatoms. The van der Waals surface area contributed by atoms with Crippen LogP contribution < -0.4 is 10.6 Å². The zero-order chi connectivity index (χ0) is 16.2. The van der Waals surface area contributed by atoms with Crippen molar-refractivity contribution in [1.82, 2.24) is 5.32 Å². The molecule has 0 bridgehead atoms. The average molecular weight is 333 g/mol. The molecular formula is C14H18Cl2N2O3. The number of carbonyl (C=O) groups is 2. The summed E-state index contributed by atoms with van der Waals surface area (Å²) in [6.45, 7) is 5.10. The molecule has 0 spiro atoms. The lowest BCUT2D eigenvalue weighted by molar-refractivity contribution is -0.143. The largest absolute Gasteiger partial charge is 0.480 e. The molecule has 0 aliphatic carbocycles. The Kier molecular flexibility index (Phi) is 6.30. The van der Waals surface area contributed by atoms with Crippen LogP contribution in [-0.2, 0) is 9.59 Å². The number of hydrogen-bond donors (Lipinski definition) is 3. The van der Waals surface area contributed by atoms with E-state index >= 15 is 0 Å². The predicted molar refractivity (Wildman–Crippen MR) is 84.0 cm³/mol. The van der Waals surface area contributed by atoms with E-state index in [4.69, 9.17) is 28.3 Å². The van der Waals surface area contributed by atoms with Crippen molar-refractivity contribution in [2.45, 2.75) is 32.9 Å². The van der Waals surface area contributed by atoms with E-state index in [9.17, 15) is 9.59 Å². The summed E-state index contributed by atoms with van der Waals surface area (Å²) < 4.78 is 0. The van der Waals surface area contributed by atoms with E-state index in [0.717, 1.165) is 0 Å². The molecule has 0 saturated carbocycles. The van der Waals surface area contributed by atoms with Gasteiger partial charge in [0, 0.05) is 5.69 Å². The van der Waals surface area contributed by atoms with Crippen molar-refractivity contribution in [3.05, 3.63) is 28.2 Å². The van der Waals surface area contributed by atoms with Crippen molar-refractivity contribution in [2.75, 3.05) is 5.32 Å². The van der Waals surface area contributed by atoms with Gasteiger partial charge in [-0.05, 0) is 31.0 Å². The highest BCUT2D eigenvalue weighted by Gasteiger charge is 2.25. The number of amides is 1. The molecule has 0 heterocycles. The third-order valence-corrected chi connectivity index (χ3v) is 3.67. The average Bonchev–Trinajstić information content (AvgIpc) is 2.39. The highest BCUT2D eigenvalue weighted by atomic mass is 35.5. The fourth-order valence-electron chi connectivity index (χ4n) is 1.69. The summed E-state index contributed by atoms with van der Waals surface area (Å²) in [6, 6.07) is 3.38. The molecular weight excluding hydrogens is 315 g/mol. The summed E-state index contributed by atoms with van der Waals surface area (Å²) in [5, 5.41) is 15.3. The number of carboxylic acids is 1. The fourth-order valence-corrected chi connectivity index (χ4v) is 1.99. The van der Waals surface area contributed by atoms with Crippen molar-refractivity contribution in [3.8, 4) is 0 Å². The quantitative estimate of drug-likeness (QED) is 0.748.